The topological polar surface area (TPSA) is 85.8 Å². The number of fused-ring (bicyclic) bond motifs is 1. The van der Waals surface area contributed by atoms with E-state index in [-0.39, 0.29) is 12.5 Å². The maximum Gasteiger partial charge on any atom is 0.251 e. The van der Waals surface area contributed by atoms with Gasteiger partial charge in [-0.25, -0.2) is 4.98 Å². The molecule has 0 spiro atoms. The van der Waals surface area contributed by atoms with Gasteiger partial charge in [-0.15, -0.1) is 0 Å². The van der Waals surface area contributed by atoms with Crippen molar-refractivity contribution < 1.29 is 9.32 Å². The highest BCUT2D eigenvalue weighted by atomic mass is 16.5. The van der Waals surface area contributed by atoms with Crippen molar-refractivity contribution in [2.75, 3.05) is 0 Å². The van der Waals surface area contributed by atoms with Gasteiger partial charge in [-0.1, -0.05) is 29.8 Å². The van der Waals surface area contributed by atoms with E-state index in [0.717, 1.165) is 35.1 Å². The van der Waals surface area contributed by atoms with Crippen LogP contribution in [0.1, 0.15) is 35.2 Å². The summed E-state index contributed by atoms with van der Waals surface area (Å²) >= 11 is 0. The zero-order valence-corrected chi connectivity index (χ0v) is 15.8. The first-order chi connectivity index (χ1) is 13.6. The van der Waals surface area contributed by atoms with Crippen molar-refractivity contribution in [2.45, 2.75) is 33.4 Å². The van der Waals surface area contributed by atoms with Crippen LogP contribution >= 0.6 is 0 Å². The minimum absolute atomic E-state index is 0.174. The smallest absolute Gasteiger partial charge is 0.251 e. The number of carbonyl (C=O) groups is 1. The van der Waals surface area contributed by atoms with Gasteiger partial charge in [0.2, 0.25) is 11.7 Å². The summed E-state index contributed by atoms with van der Waals surface area (Å²) in [6.07, 6.45) is 2.90. The fourth-order valence-corrected chi connectivity index (χ4v) is 3.03. The number of imidazole rings is 1. The quantitative estimate of drug-likeness (QED) is 0.555. The van der Waals surface area contributed by atoms with Gasteiger partial charge in [0.15, 0.2) is 0 Å². The third kappa shape index (κ3) is 3.64. The molecule has 4 aromatic rings. The van der Waals surface area contributed by atoms with Crippen molar-refractivity contribution in [3.05, 3.63) is 65.8 Å². The van der Waals surface area contributed by atoms with Crippen LogP contribution in [0.3, 0.4) is 0 Å². The van der Waals surface area contributed by atoms with Crippen molar-refractivity contribution in [3.8, 4) is 11.4 Å². The molecule has 0 aliphatic heterocycles. The molecule has 1 N–H and O–H groups in total. The van der Waals surface area contributed by atoms with Crippen molar-refractivity contribution >= 4 is 16.9 Å². The number of amides is 1. The van der Waals surface area contributed by atoms with Crippen LogP contribution in [0.25, 0.3) is 22.4 Å². The first-order valence-electron chi connectivity index (χ1n) is 9.27. The molecule has 7 heteroatoms. The monoisotopic (exact) mass is 375 g/mol. The molecule has 2 aromatic carbocycles. The molecule has 4 rings (SSSR count). The van der Waals surface area contributed by atoms with Crippen LogP contribution in [0.5, 0.6) is 0 Å². The van der Waals surface area contributed by atoms with Crippen LogP contribution in [0.2, 0.25) is 0 Å². The van der Waals surface area contributed by atoms with E-state index in [1.165, 1.54) is 0 Å². The van der Waals surface area contributed by atoms with Gasteiger partial charge in [-0.3, -0.25) is 4.79 Å². The molecule has 0 saturated carbocycles. The Morgan fingerprint density at radius 3 is 2.79 bits per heavy atom. The van der Waals surface area contributed by atoms with E-state index in [0.29, 0.717) is 17.3 Å². The molecule has 28 heavy (non-hydrogen) atoms. The Kier molecular flexibility index (Phi) is 4.89. The number of rotatable bonds is 6. The van der Waals surface area contributed by atoms with Crippen LogP contribution in [0.4, 0.5) is 0 Å². The van der Waals surface area contributed by atoms with Crippen LogP contribution < -0.4 is 5.32 Å². The standard InChI is InChI=1S/C21H21N5O2/c1-3-10-26-13-23-17-11-16(8-9-18(17)26)20-24-19(28-25-20)12-22-21(27)15-6-4-14(2)5-7-15/h4-9,11,13H,3,10,12H2,1-2H3,(H,22,27). The van der Waals surface area contributed by atoms with E-state index < -0.39 is 0 Å². The van der Waals surface area contributed by atoms with Crippen LogP contribution in [0.15, 0.2) is 53.3 Å². The second-order valence-electron chi connectivity index (χ2n) is 6.70. The molecule has 7 nitrogen and oxygen atoms in total. The summed E-state index contributed by atoms with van der Waals surface area (Å²) in [5, 5.41) is 6.82. The largest absolute Gasteiger partial charge is 0.343 e. The molecule has 0 aliphatic carbocycles. The lowest BCUT2D eigenvalue weighted by Gasteiger charge is -2.02. The van der Waals surface area contributed by atoms with Gasteiger partial charge in [0.1, 0.15) is 0 Å². The van der Waals surface area contributed by atoms with E-state index in [4.69, 9.17) is 4.52 Å². The molecular weight excluding hydrogens is 354 g/mol. The van der Waals surface area contributed by atoms with E-state index >= 15 is 0 Å². The minimum atomic E-state index is -0.178. The van der Waals surface area contributed by atoms with Crippen molar-refractivity contribution in [1.82, 2.24) is 25.0 Å². The van der Waals surface area contributed by atoms with Gasteiger partial charge in [-0.05, 0) is 43.7 Å². The molecule has 1 amide bonds. The average Bonchev–Trinajstić information content (AvgIpc) is 3.34. The van der Waals surface area contributed by atoms with Crippen molar-refractivity contribution in [3.63, 3.8) is 0 Å². The lowest BCUT2D eigenvalue weighted by Crippen LogP contribution is -2.22. The maximum absolute atomic E-state index is 12.2. The van der Waals surface area contributed by atoms with Gasteiger partial charge >= 0.3 is 0 Å². The SMILES string of the molecule is CCCn1cnc2cc(-c3noc(CNC(=O)c4ccc(C)cc4)n3)ccc21. The fourth-order valence-electron chi connectivity index (χ4n) is 3.03. The summed E-state index contributed by atoms with van der Waals surface area (Å²) in [5.41, 5.74) is 4.51. The predicted molar refractivity (Wildman–Crippen MR) is 106 cm³/mol. The average molecular weight is 375 g/mol. The third-order valence-corrected chi connectivity index (χ3v) is 4.53. The van der Waals surface area contributed by atoms with Crippen molar-refractivity contribution in [1.29, 1.82) is 0 Å². The van der Waals surface area contributed by atoms with Gasteiger partial charge in [0, 0.05) is 17.7 Å². The Labute approximate surface area is 162 Å². The van der Waals surface area contributed by atoms with E-state index in [2.05, 4.69) is 31.9 Å². The molecule has 0 aliphatic rings. The predicted octanol–water partition coefficient (Wildman–Crippen LogP) is 3.73. The Morgan fingerprint density at radius 1 is 1.18 bits per heavy atom. The van der Waals surface area contributed by atoms with E-state index in [9.17, 15) is 4.79 Å². The van der Waals surface area contributed by atoms with Crippen molar-refractivity contribution in [2.24, 2.45) is 0 Å². The van der Waals surface area contributed by atoms with E-state index in [1.807, 2.05) is 43.6 Å². The highest BCUT2D eigenvalue weighted by Crippen LogP contribution is 2.22. The zero-order chi connectivity index (χ0) is 19.5. The Bertz CT molecular complexity index is 1110. The first-order valence-corrected chi connectivity index (χ1v) is 9.27. The molecule has 0 fully saturated rings. The second kappa shape index (κ2) is 7.64. The third-order valence-electron chi connectivity index (χ3n) is 4.53. The zero-order valence-electron chi connectivity index (χ0n) is 15.8. The number of nitrogens with zero attached hydrogens (tertiary/aromatic N) is 4. The highest BCUT2D eigenvalue weighted by molar-refractivity contribution is 5.94. The number of aromatic nitrogens is 4. The summed E-state index contributed by atoms with van der Waals surface area (Å²) in [6.45, 7) is 5.22. The molecule has 0 saturated heterocycles. The highest BCUT2D eigenvalue weighted by Gasteiger charge is 2.12. The van der Waals surface area contributed by atoms with E-state index in [1.54, 1.807) is 12.1 Å². The Balaban J connectivity index is 1.46. The molecule has 0 radical (unpaired) electrons. The molecule has 0 unspecified atom stereocenters. The van der Waals surface area contributed by atoms with Crippen LogP contribution in [0, 0.1) is 6.92 Å². The first kappa shape index (κ1) is 17.9. The number of hydrogen-bond acceptors (Lipinski definition) is 5. The van der Waals surface area contributed by atoms with Crippen LogP contribution in [-0.2, 0) is 13.1 Å². The number of carbonyl (C=O) groups excluding carboxylic acids is 1. The van der Waals surface area contributed by atoms with Gasteiger partial charge < -0.3 is 14.4 Å². The summed E-state index contributed by atoms with van der Waals surface area (Å²) in [6, 6.07) is 13.3. The second-order valence-corrected chi connectivity index (χ2v) is 6.70. The number of aryl methyl sites for hydroxylation is 2. The van der Waals surface area contributed by atoms with Gasteiger partial charge in [-0.2, -0.15) is 4.98 Å². The van der Waals surface area contributed by atoms with Crippen LogP contribution in [-0.4, -0.2) is 25.6 Å². The molecule has 2 aromatic heterocycles. The normalized spacial score (nSPS) is 11.1. The lowest BCUT2D eigenvalue weighted by molar-refractivity contribution is 0.0946. The number of hydrogen-bond donors (Lipinski definition) is 1. The molecule has 0 atom stereocenters. The molecule has 2 heterocycles. The van der Waals surface area contributed by atoms with Gasteiger partial charge in [0.25, 0.3) is 5.91 Å². The molecule has 142 valence electrons. The number of benzene rings is 2. The Hall–Kier alpha value is -3.48. The maximum atomic E-state index is 12.2. The van der Waals surface area contributed by atoms with Gasteiger partial charge in [0.05, 0.1) is 23.9 Å². The summed E-state index contributed by atoms with van der Waals surface area (Å²) in [5.74, 6) is 0.654. The number of nitrogens with one attached hydrogen (secondary N) is 1. The lowest BCUT2D eigenvalue weighted by atomic mass is 10.1. The molecule has 0 bridgehead atoms. The molecular formula is C21H21N5O2. The summed E-state index contributed by atoms with van der Waals surface area (Å²) < 4.78 is 7.41. The fraction of sp³-hybridized carbons (Fsp3) is 0.238. The Morgan fingerprint density at radius 2 is 2.00 bits per heavy atom. The minimum Gasteiger partial charge on any atom is -0.343 e. The summed E-state index contributed by atoms with van der Waals surface area (Å²) in [4.78, 5) is 21.0. The summed E-state index contributed by atoms with van der Waals surface area (Å²) in [7, 11) is 0.